The summed E-state index contributed by atoms with van der Waals surface area (Å²) in [6.45, 7) is -1.98. The monoisotopic (exact) mass is 387 g/mol. The first-order valence-corrected chi connectivity index (χ1v) is 7.62. The second kappa shape index (κ2) is 8.57. The summed E-state index contributed by atoms with van der Waals surface area (Å²) in [7, 11) is 0. The number of anilines is 1. The zero-order valence-corrected chi connectivity index (χ0v) is 13.9. The van der Waals surface area contributed by atoms with Crippen molar-refractivity contribution in [2.45, 2.75) is 6.18 Å². The zero-order chi connectivity index (χ0) is 19.2. The van der Waals surface area contributed by atoms with Gasteiger partial charge >= 0.3 is 6.18 Å². The minimum absolute atomic E-state index is 0.0287. The van der Waals surface area contributed by atoms with Crippen molar-refractivity contribution in [1.29, 1.82) is 0 Å². The van der Waals surface area contributed by atoms with Gasteiger partial charge in [0.2, 0.25) is 0 Å². The molecule has 26 heavy (non-hydrogen) atoms. The molecular formula is C17H13ClF3NO4. The number of carbonyl (C=O) groups is 2. The van der Waals surface area contributed by atoms with E-state index in [2.05, 4.69) is 10.1 Å². The molecule has 0 radical (unpaired) electrons. The lowest BCUT2D eigenvalue weighted by atomic mass is 10.2. The van der Waals surface area contributed by atoms with Crippen LogP contribution >= 0.6 is 11.6 Å². The number of ether oxygens (including phenoxy) is 2. The molecule has 0 unspecified atom stereocenters. The lowest BCUT2D eigenvalue weighted by molar-refractivity contribution is -0.153. The van der Waals surface area contributed by atoms with Crippen LogP contribution in [0.25, 0.3) is 0 Å². The molecule has 1 N–H and O–H groups in total. The Labute approximate surface area is 151 Å². The smallest absolute Gasteiger partial charge is 0.422 e. The number of benzene rings is 2. The van der Waals surface area contributed by atoms with E-state index in [-0.39, 0.29) is 27.8 Å². The molecule has 0 fully saturated rings. The zero-order valence-electron chi connectivity index (χ0n) is 13.2. The van der Waals surface area contributed by atoms with Gasteiger partial charge in [-0.2, -0.15) is 13.2 Å². The third kappa shape index (κ3) is 5.96. The van der Waals surface area contributed by atoms with E-state index in [1.165, 1.54) is 30.3 Å². The van der Waals surface area contributed by atoms with E-state index < -0.39 is 25.3 Å². The fourth-order valence-corrected chi connectivity index (χ4v) is 2.10. The fraction of sp³-hybridized carbons (Fsp3) is 0.176. The topological polar surface area (TPSA) is 64.6 Å². The van der Waals surface area contributed by atoms with Gasteiger partial charge in [-0.25, -0.2) is 0 Å². The molecule has 0 aliphatic carbocycles. The summed E-state index contributed by atoms with van der Waals surface area (Å²) in [4.78, 5) is 22.9. The second-order valence-corrected chi connectivity index (χ2v) is 5.47. The maximum absolute atomic E-state index is 12.3. The van der Waals surface area contributed by atoms with Gasteiger partial charge < -0.3 is 14.8 Å². The molecule has 0 aromatic heterocycles. The Morgan fingerprint density at radius 3 is 2.54 bits per heavy atom. The van der Waals surface area contributed by atoms with Crippen LogP contribution in [-0.4, -0.2) is 31.6 Å². The lowest BCUT2D eigenvalue weighted by Crippen LogP contribution is -2.22. The van der Waals surface area contributed by atoms with Crippen LogP contribution in [0.5, 0.6) is 11.5 Å². The van der Waals surface area contributed by atoms with Gasteiger partial charge in [0.05, 0.1) is 11.3 Å². The van der Waals surface area contributed by atoms with Gasteiger partial charge in [-0.3, -0.25) is 9.59 Å². The molecule has 0 aliphatic heterocycles. The third-order valence-corrected chi connectivity index (χ3v) is 3.25. The summed E-state index contributed by atoms with van der Waals surface area (Å²) in [6.07, 6.45) is -3.95. The first-order valence-electron chi connectivity index (χ1n) is 7.24. The molecule has 0 saturated carbocycles. The summed E-state index contributed by atoms with van der Waals surface area (Å²) < 4.78 is 46.8. The Balaban J connectivity index is 2.03. The molecule has 9 heteroatoms. The van der Waals surface area contributed by atoms with Gasteiger partial charge in [-0.1, -0.05) is 23.7 Å². The highest BCUT2D eigenvalue weighted by molar-refractivity contribution is 6.31. The van der Waals surface area contributed by atoms with Crippen LogP contribution in [0.15, 0.2) is 42.5 Å². The van der Waals surface area contributed by atoms with Crippen molar-refractivity contribution in [3.63, 3.8) is 0 Å². The summed E-state index contributed by atoms with van der Waals surface area (Å²) >= 11 is 5.80. The molecule has 5 nitrogen and oxygen atoms in total. The van der Waals surface area contributed by atoms with E-state index >= 15 is 0 Å². The van der Waals surface area contributed by atoms with E-state index in [9.17, 15) is 22.8 Å². The first-order chi connectivity index (χ1) is 12.3. The van der Waals surface area contributed by atoms with Gasteiger partial charge in [0, 0.05) is 5.02 Å². The van der Waals surface area contributed by atoms with E-state index in [1.807, 2.05) is 0 Å². The van der Waals surface area contributed by atoms with Gasteiger partial charge in [-0.05, 0) is 30.3 Å². The predicted molar refractivity (Wildman–Crippen MR) is 89.0 cm³/mol. The van der Waals surface area contributed by atoms with Crippen molar-refractivity contribution >= 4 is 29.5 Å². The van der Waals surface area contributed by atoms with E-state index in [1.54, 1.807) is 12.1 Å². The van der Waals surface area contributed by atoms with Crippen LogP contribution in [0.1, 0.15) is 10.4 Å². The first kappa shape index (κ1) is 19.6. The summed E-state index contributed by atoms with van der Waals surface area (Å²) in [5.41, 5.74) is 0.233. The third-order valence-electron chi connectivity index (χ3n) is 3.01. The number of alkyl halides is 3. The predicted octanol–water partition coefficient (Wildman–Crippen LogP) is 4.11. The normalized spacial score (nSPS) is 10.9. The number of carbonyl (C=O) groups excluding carboxylic acids is 2. The molecule has 2 rings (SSSR count). The van der Waals surface area contributed by atoms with Crippen LogP contribution in [0.3, 0.4) is 0 Å². The molecule has 1 amide bonds. The van der Waals surface area contributed by atoms with Crippen molar-refractivity contribution in [3.8, 4) is 11.5 Å². The molecule has 0 heterocycles. The number of amides is 1. The molecule has 2 aromatic carbocycles. The number of para-hydroxylation sites is 1. The highest BCUT2D eigenvalue weighted by Gasteiger charge is 2.29. The summed E-state index contributed by atoms with van der Waals surface area (Å²) in [5, 5.41) is 2.57. The van der Waals surface area contributed by atoms with Crippen LogP contribution in [0.4, 0.5) is 18.9 Å². The van der Waals surface area contributed by atoms with Crippen molar-refractivity contribution in [3.05, 3.63) is 53.1 Å². The lowest BCUT2D eigenvalue weighted by Gasteiger charge is -2.14. The highest BCUT2D eigenvalue weighted by Crippen LogP contribution is 2.29. The Kier molecular flexibility index (Phi) is 6.46. The van der Waals surface area contributed by atoms with Crippen molar-refractivity contribution in [2.75, 3.05) is 18.5 Å². The van der Waals surface area contributed by atoms with Crippen molar-refractivity contribution in [1.82, 2.24) is 0 Å². The number of hydrogen-bond donors (Lipinski definition) is 1. The molecular weight excluding hydrogens is 375 g/mol. The van der Waals surface area contributed by atoms with Crippen molar-refractivity contribution in [2.24, 2.45) is 0 Å². The molecule has 0 atom stereocenters. The molecule has 0 saturated heterocycles. The van der Waals surface area contributed by atoms with Gasteiger partial charge in [0.15, 0.2) is 19.5 Å². The van der Waals surface area contributed by atoms with Gasteiger partial charge in [0.25, 0.3) is 5.91 Å². The number of aldehydes is 1. The van der Waals surface area contributed by atoms with Crippen LogP contribution in [-0.2, 0) is 4.79 Å². The number of rotatable bonds is 7. The van der Waals surface area contributed by atoms with E-state index in [0.29, 0.717) is 6.29 Å². The van der Waals surface area contributed by atoms with Gasteiger partial charge in [0.1, 0.15) is 11.5 Å². The molecule has 0 spiro atoms. The van der Waals surface area contributed by atoms with Crippen LogP contribution < -0.4 is 14.8 Å². The minimum Gasteiger partial charge on any atom is -0.483 e. The molecule has 0 bridgehead atoms. The average Bonchev–Trinajstić information content (AvgIpc) is 2.58. The Hall–Kier alpha value is -2.74. The largest absolute Gasteiger partial charge is 0.483 e. The van der Waals surface area contributed by atoms with E-state index in [4.69, 9.17) is 16.3 Å². The molecule has 138 valence electrons. The highest BCUT2D eigenvalue weighted by atomic mass is 35.5. The molecule has 2 aromatic rings. The van der Waals surface area contributed by atoms with Crippen LogP contribution in [0, 0.1) is 0 Å². The van der Waals surface area contributed by atoms with E-state index in [0.717, 1.165) is 0 Å². The quantitative estimate of drug-likeness (QED) is 0.726. The number of halogens is 4. The average molecular weight is 388 g/mol. The Bertz CT molecular complexity index is 796. The standard InChI is InChI=1S/C17H13ClF3NO4/c18-12-5-6-15(26-10-17(19,20)21)13(7-12)22-16(24)9-25-14-4-2-1-3-11(14)8-23/h1-8H,9-10H2,(H,22,24). The Morgan fingerprint density at radius 2 is 1.85 bits per heavy atom. The molecule has 0 aliphatic rings. The van der Waals surface area contributed by atoms with Gasteiger partial charge in [-0.15, -0.1) is 0 Å². The maximum atomic E-state index is 12.3. The summed E-state index contributed by atoms with van der Waals surface area (Å²) in [6, 6.07) is 10.1. The second-order valence-electron chi connectivity index (χ2n) is 5.04. The van der Waals surface area contributed by atoms with Crippen LogP contribution in [0.2, 0.25) is 5.02 Å². The Morgan fingerprint density at radius 1 is 1.12 bits per heavy atom. The number of nitrogens with one attached hydrogen (secondary N) is 1. The fourth-order valence-electron chi connectivity index (χ4n) is 1.92. The maximum Gasteiger partial charge on any atom is 0.422 e. The minimum atomic E-state index is -4.53. The van der Waals surface area contributed by atoms with Crippen molar-refractivity contribution < 1.29 is 32.2 Å². The number of hydrogen-bond acceptors (Lipinski definition) is 4. The summed E-state index contributed by atoms with van der Waals surface area (Å²) in [5.74, 6) is -0.643. The SMILES string of the molecule is O=Cc1ccccc1OCC(=O)Nc1cc(Cl)ccc1OCC(F)(F)F.